The molecule has 16 heavy (non-hydrogen) atoms. The van der Waals surface area contributed by atoms with Crippen molar-refractivity contribution in [3.8, 4) is 0 Å². The van der Waals surface area contributed by atoms with E-state index >= 15 is 0 Å². The minimum atomic E-state index is -3.83. The van der Waals surface area contributed by atoms with Gasteiger partial charge in [-0.15, -0.1) is 0 Å². The second-order valence-electron chi connectivity index (χ2n) is 3.27. The first-order chi connectivity index (χ1) is 7.33. The number of hydrogen-bond donors (Lipinski definition) is 2. The largest absolute Gasteiger partial charge is 0.386 e. The first-order valence-electron chi connectivity index (χ1n) is 4.41. The normalized spacial score (nSPS) is 14.3. The zero-order valence-corrected chi connectivity index (χ0v) is 9.29. The van der Waals surface area contributed by atoms with E-state index in [9.17, 15) is 17.2 Å². The minimum Gasteiger partial charge on any atom is -0.386 e. The Balaban J connectivity index is 2.67. The third-order valence-corrected chi connectivity index (χ3v) is 3.30. The summed E-state index contributed by atoms with van der Waals surface area (Å²) in [7, 11) is -2.20. The van der Waals surface area contributed by atoms with Crippen LogP contribution in [-0.2, 0) is 17.1 Å². The van der Waals surface area contributed by atoms with Gasteiger partial charge in [0.15, 0.2) is 0 Å². The van der Waals surface area contributed by atoms with E-state index in [1.54, 1.807) is 7.05 Å². The maximum absolute atomic E-state index is 11.9. The average Bonchev–Trinajstić information content (AvgIpc) is 2.61. The quantitative estimate of drug-likeness (QED) is 0.772. The molecule has 0 saturated carbocycles. The van der Waals surface area contributed by atoms with Crippen molar-refractivity contribution in [3.05, 3.63) is 18.5 Å². The molecule has 1 rings (SSSR count). The Morgan fingerprint density at radius 1 is 1.56 bits per heavy atom. The highest BCUT2D eigenvalue weighted by atomic mass is 32.2. The lowest BCUT2D eigenvalue weighted by Gasteiger charge is -2.10. The standard InChI is InChI=1S/C8H12F2N2O3S/c1-12-3-2-6(5-12)16(14,15)11-4-7(13)8(9)10/h2-3,5,7-8,11,13H,4H2,1H3. The topological polar surface area (TPSA) is 71.3 Å². The van der Waals surface area contributed by atoms with Crippen molar-refractivity contribution in [2.45, 2.75) is 17.4 Å². The number of halogens is 2. The van der Waals surface area contributed by atoms with Crippen LogP contribution in [0, 0.1) is 0 Å². The molecule has 1 aromatic rings. The molecule has 0 amide bonds. The van der Waals surface area contributed by atoms with E-state index in [0.717, 1.165) is 0 Å². The average molecular weight is 254 g/mol. The van der Waals surface area contributed by atoms with E-state index in [4.69, 9.17) is 5.11 Å². The van der Waals surface area contributed by atoms with Gasteiger partial charge in [0.25, 0.3) is 6.43 Å². The molecule has 0 aromatic carbocycles. The highest BCUT2D eigenvalue weighted by Crippen LogP contribution is 2.08. The fourth-order valence-electron chi connectivity index (χ4n) is 1.00. The molecule has 8 heteroatoms. The molecule has 0 bridgehead atoms. The summed E-state index contributed by atoms with van der Waals surface area (Å²) in [6.45, 7) is -0.713. The summed E-state index contributed by atoms with van der Waals surface area (Å²) in [5.74, 6) is 0. The second-order valence-corrected chi connectivity index (χ2v) is 5.03. The summed E-state index contributed by atoms with van der Waals surface area (Å²) in [6.07, 6.45) is -2.13. The molecule has 1 aromatic heterocycles. The Morgan fingerprint density at radius 2 is 2.19 bits per heavy atom. The summed E-state index contributed by atoms with van der Waals surface area (Å²) in [5, 5.41) is 8.76. The predicted molar refractivity (Wildman–Crippen MR) is 52.6 cm³/mol. The monoisotopic (exact) mass is 254 g/mol. The van der Waals surface area contributed by atoms with E-state index in [1.165, 1.54) is 23.0 Å². The number of aliphatic hydroxyl groups is 1. The van der Waals surface area contributed by atoms with Crippen molar-refractivity contribution in [3.63, 3.8) is 0 Å². The van der Waals surface area contributed by atoms with Crippen LogP contribution in [0.15, 0.2) is 23.4 Å². The molecule has 0 aliphatic rings. The lowest BCUT2D eigenvalue weighted by atomic mass is 10.4. The van der Waals surface area contributed by atoms with Crippen LogP contribution in [0.4, 0.5) is 8.78 Å². The van der Waals surface area contributed by atoms with E-state index < -0.39 is 29.1 Å². The smallest absolute Gasteiger partial charge is 0.265 e. The number of sulfonamides is 1. The van der Waals surface area contributed by atoms with Gasteiger partial charge < -0.3 is 9.67 Å². The molecular formula is C8H12F2N2O3S. The van der Waals surface area contributed by atoms with Gasteiger partial charge in [0.05, 0.1) is 4.90 Å². The van der Waals surface area contributed by atoms with Crippen molar-refractivity contribution >= 4 is 10.0 Å². The highest BCUT2D eigenvalue weighted by molar-refractivity contribution is 7.89. The number of aliphatic hydroxyl groups excluding tert-OH is 1. The molecule has 0 radical (unpaired) electrons. The van der Waals surface area contributed by atoms with Crippen LogP contribution in [0.5, 0.6) is 0 Å². The number of rotatable bonds is 5. The Morgan fingerprint density at radius 3 is 2.62 bits per heavy atom. The molecule has 1 heterocycles. The SMILES string of the molecule is Cn1ccc(S(=O)(=O)NCC(O)C(F)F)c1. The number of alkyl halides is 2. The van der Waals surface area contributed by atoms with Gasteiger partial charge >= 0.3 is 0 Å². The lowest BCUT2D eigenvalue weighted by Crippen LogP contribution is -2.35. The van der Waals surface area contributed by atoms with Gasteiger partial charge in [0.2, 0.25) is 10.0 Å². The van der Waals surface area contributed by atoms with Crippen LogP contribution in [0.25, 0.3) is 0 Å². The fourth-order valence-corrected chi connectivity index (χ4v) is 2.11. The first kappa shape index (κ1) is 13.1. The molecule has 0 saturated heterocycles. The fraction of sp³-hybridized carbons (Fsp3) is 0.500. The van der Waals surface area contributed by atoms with Gasteiger partial charge in [0.1, 0.15) is 6.10 Å². The van der Waals surface area contributed by atoms with Crippen molar-refractivity contribution in [1.29, 1.82) is 0 Å². The first-order valence-corrected chi connectivity index (χ1v) is 5.89. The van der Waals surface area contributed by atoms with Crippen molar-refractivity contribution in [2.75, 3.05) is 6.54 Å². The lowest BCUT2D eigenvalue weighted by molar-refractivity contribution is -0.000451. The van der Waals surface area contributed by atoms with Gasteiger partial charge in [-0.05, 0) is 6.07 Å². The van der Waals surface area contributed by atoms with E-state index in [1.807, 2.05) is 4.72 Å². The van der Waals surface area contributed by atoms with Crippen molar-refractivity contribution in [1.82, 2.24) is 9.29 Å². The van der Waals surface area contributed by atoms with Gasteiger partial charge in [0, 0.05) is 26.0 Å². The van der Waals surface area contributed by atoms with Gasteiger partial charge in [-0.2, -0.15) is 0 Å². The van der Waals surface area contributed by atoms with Crippen LogP contribution in [0.3, 0.4) is 0 Å². The highest BCUT2D eigenvalue weighted by Gasteiger charge is 2.21. The van der Waals surface area contributed by atoms with Crippen LogP contribution >= 0.6 is 0 Å². The Kier molecular flexibility index (Phi) is 4.00. The Hall–Kier alpha value is -0.990. The van der Waals surface area contributed by atoms with E-state index in [0.29, 0.717) is 0 Å². The summed E-state index contributed by atoms with van der Waals surface area (Å²) in [6, 6.07) is 1.33. The molecule has 2 N–H and O–H groups in total. The predicted octanol–water partition coefficient (Wildman–Crippen LogP) is -0.0706. The number of hydrogen-bond acceptors (Lipinski definition) is 3. The number of nitrogens with one attached hydrogen (secondary N) is 1. The van der Waals surface area contributed by atoms with E-state index in [-0.39, 0.29) is 4.90 Å². The third-order valence-electron chi connectivity index (χ3n) is 1.89. The van der Waals surface area contributed by atoms with Crippen LogP contribution in [0.2, 0.25) is 0 Å². The maximum atomic E-state index is 11.9. The molecule has 1 atom stereocenters. The molecule has 0 aliphatic carbocycles. The second kappa shape index (κ2) is 4.89. The number of aryl methyl sites for hydroxylation is 1. The molecular weight excluding hydrogens is 242 g/mol. The van der Waals surface area contributed by atoms with Crippen molar-refractivity contribution < 1.29 is 22.3 Å². The van der Waals surface area contributed by atoms with Gasteiger partial charge in [-0.25, -0.2) is 21.9 Å². The Labute approximate surface area is 91.7 Å². The molecule has 0 fully saturated rings. The minimum absolute atomic E-state index is 0.0310. The van der Waals surface area contributed by atoms with Crippen molar-refractivity contribution in [2.24, 2.45) is 7.05 Å². The summed E-state index contributed by atoms with van der Waals surface area (Å²) in [5.41, 5.74) is 0. The summed E-state index contributed by atoms with van der Waals surface area (Å²) < 4.78 is 50.2. The number of nitrogens with zero attached hydrogens (tertiary/aromatic N) is 1. The molecule has 1 unspecified atom stereocenters. The summed E-state index contributed by atoms with van der Waals surface area (Å²) in [4.78, 5) is -0.0310. The maximum Gasteiger partial charge on any atom is 0.265 e. The van der Waals surface area contributed by atoms with E-state index in [2.05, 4.69) is 0 Å². The molecule has 92 valence electrons. The van der Waals surface area contributed by atoms with Crippen LogP contribution in [0.1, 0.15) is 0 Å². The molecule has 5 nitrogen and oxygen atoms in total. The van der Waals surface area contributed by atoms with Gasteiger partial charge in [-0.3, -0.25) is 0 Å². The summed E-state index contributed by atoms with van der Waals surface area (Å²) >= 11 is 0. The third kappa shape index (κ3) is 3.26. The molecule has 0 spiro atoms. The Bertz CT molecular complexity index is 444. The van der Waals surface area contributed by atoms with Crippen LogP contribution in [-0.4, -0.2) is 37.2 Å². The molecule has 0 aliphatic heterocycles. The zero-order valence-electron chi connectivity index (χ0n) is 8.47. The van der Waals surface area contributed by atoms with Gasteiger partial charge in [-0.1, -0.05) is 0 Å². The number of aromatic nitrogens is 1. The zero-order chi connectivity index (χ0) is 12.3. The van der Waals surface area contributed by atoms with Crippen LogP contribution < -0.4 is 4.72 Å².